The molecule has 0 saturated carbocycles. The van der Waals surface area contributed by atoms with Gasteiger partial charge in [0.05, 0.1) is 11.5 Å². The maximum Gasteiger partial charge on any atom is 0.306 e. The molecule has 0 bridgehead atoms. The minimum atomic E-state index is -1.02. The predicted octanol–water partition coefficient (Wildman–Crippen LogP) is 2.87. The Hall–Kier alpha value is -1.42. The van der Waals surface area contributed by atoms with Gasteiger partial charge in [0.2, 0.25) is 0 Å². The highest BCUT2D eigenvalue weighted by atomic mass is 19.1. The van der Waals surface area contributed by atoms with Crippen molar-refractivity contribution in [2.45, 2.75) is 39.2 Å². The Bertz CT molecular complexity index is 424. The Labute approximate surface area is 113 Å². The first-order valence-electron chi connectivity index (χ1n) is 6.42. The average molecular weight is 268 g/mol. The smallest absolute Gasteiger partial charge is 0.306 e. The molecule has 19 heavy (non-hydrogen) atoms. The highest BCUT2D eigenvalue weighted by molar-refractivity contribution is 5.70. The summed E-state index contributed by atoms with van der Waals surface area (Å²) >= 11 is 0. The SMILES string of the molecule is CC(C)C(C)(O)CC(Cc1ccc(F)cc1)C(=O)O. The van der Waals surface area contributed by atoms with Crippen LogP contribution in [0.1, 0.15) is 32.8 Å². The van der Waals surface area contributed by atoms with Crippen LogP contribution < -0.4 is 0 Å². The van der Waals surface area contributed by atoms with Gasteiger partial charge in [0.25, 0.3) is 0 Å². The molecule has 0 spiro atoms. The lowest BCUT2D eigenvalue weighted by Gasteiger charge is -2.30. The highest BCUT2D eigenvalue weighted by Crippen LogP contribution is 2.27. The number of aliphatic carboxylic acids is 1. The summed E-state index contributed by atoms with van der Waals surface area (Å²) in [7, 11) is 0. The summed E-state index contributed by atoms with van der Waals surface area (Å²) in [5.74, 6) is -1.99. The molecule has 2 atom stereocenters. The van der Waals surface area contributed by atoms with Crippen molar-refractivity contribution in [3.63, 3.8) is 0 Å². The minimum absolute atomic E-state index is 0.0254. The van der Waals surface area contributed by atoms with Crippen LogP contribution >= 0.6 is 0 Å². The van der Waals surface area contributed by atoms with Gasteiger partial charge >= 0.3 is 5.97 Å². The average Bonchev–Trinajstić information content (AvgIpc) is 2.30. The van der Waals surface area contributed by atoms with E-state index in [1.165, 1.54) is 12.1 Å². The zero-order valence-electron chi connectivity index (χ0n) is 11.6. The van der Waals surface area contributed by atoms with Crippen LogP contribution in [0, 0.1) is 17.7 Å². The molecule has 0 aliphatic rings. The van der Waals surface area contributed by atoms with E-state index in [1.807, 2.05) is 13.8 Å². The van der Waals surface area contributed by atoms with Crippen LogP contribution in [-0.4, -0.2) is 21.8 Å². The Morgan fingerprint density at radius 3 is 2.26 bits per heavy atom. The second kappa shape index (κ2) is 6.15. The van der Waals surface area contributed by atoms with Gasteiger partial charge in [-0.15, -0.1) is 0 Å². The summed E-state index contributed by atoms with van der Waals surface area (Å²) in [4.78, 5) is 11.3. The maximum absolute atomic E-state index is 12.8. The lowest BCUT2D eigenvalue weighted by Crippen LogP contribution is -2.36. The van der Waals surface area contributed by atoms with Crippen molar-refractivity contribution in [2.24, 2.45) is 11.8 Å². The van der Waals surface area contributed by atoms with Crippen molar-refractivity contribution < 1.29 is 19.4 Å². The number of aliphatic hydroxyl groups is 1. The molecule has 0 radical (unpaired) electrons. The van der Waals surface area contributed by atoms with Crippen LogP contribution in [0.25, 0.3) is 0 Å². The summed E-state index contributed by atoms with van der Waals surface area (Å²) in [6.45, 7) is 5.37. The van der Waals surface area contributed by atoms with Gasteiger partial charge in [0.15, 0.2) is 0 Å². The molecule has 0 aliphatic heterocycles. The van der Waals surface area contributed by atoms with Crippen LogP contribution in [0.3, 0.4) is 0 Å². The molecule has 1 rings (SSSR count). The number of carboxylic acids is 1. The van der Waals surface area contributed by atoms with Crippen molar-refractivity contribution in [1.82, 2.24) is 0 Å². The molecule has 0 heterocycles. The molecule has 2 unspecified atom stereocenters. The van der Waals surface area contributed by atoms with E-state index < -0.39 is 17.5 Å². The fraction of sp³-hybridized carbons (Fsp3) is 0.533. The van der Waals surface area contributed by atoms with Crippen molar-refractivity contribution in [2.75, 3.05) is 0 Å². The van der Waals surface area contributed by atoms with Gasteiger partial charge in [-0.05, 0) is 43.4 Å². The summed E-state index contributed by atoms with van der Waals surface area (Å²) in [5, 5.41) is 19.5. The number of carboxylic acid groups (broad SMARTS) is 1. The van der Waals surface area contributed by atoms with E-state index in [4.69, 9.17) is 0 Å². The maximum atomic E-state index is 12.8. The molecule has 4 heteroatoms. The summed E-state index contributed by atoms with van der Waals surface area (Å²) < 4.78 is 12.8. The third-order valence-electron chi connectivity index (χ3n) is 3.65. The number of halogens is 1. The molecular weight excluding hydrogens is 247 g/mol. The number of hydrogen-bond donors (Lipinski definition) is 2. The van der Waals surface area contributed by atoms with Crippen molar-refractivity contribution >= 4 is 5.97 Å². The molecule has 1 aromatic carbocycles. The van der Waals surface area contributed by atoms with E-state index in [2.05, 4.69) is 0 Å². The Morgan fingerprint density at radius 1 is 1.32 bits per heavy atom. The van der Waals surface area contributed by atoms with Crippen molar-refractivity contribution in [3.8, 4) is 0 Å². The lowest BCUT2D eigenvalue weighted by atomic mass is 9.81. The minimum Gasteiger partial charge on any atom is -0.481 e. The van der Waals surface area contributed by atoms with Crippen LogP contribution in [-0.2, 0) is 11.2 Å². The van der Waals surface area contributed by atoms with Crippen molar-refractivity contribution in [3.05, 3.63) is 35.6 Å². The third-order valence-corrected chi connectivity index (χ3v) is 3.65. The predicted molar refractivity (Wildman–Crippen MR) is 71.3 cm³/mol. The van der Waals surface area contributed by atoms with Gasteiger partial charge in [-0.1, -0.05) is 26.0 Å². The van der Waals surface area contributed by atoms with Gasteiger partial charge in [-0.2, -0.15) is 0 Å². The molecule has 0 fully saturated rings. The fourth-order valence-corrected chi connectivity index (χ4v) is 1.89. The summed E-state index contributed by atoms with van der Waals surface area (Å²) in [6.07, 6.45) is 0.468. The Kier molecular flexibility index (Phi) is 5.06. The molecule has 3 nitrogen and oxygen atoms in total. The third kappa shape index (κ3) is 4.63. The standard InChI is InChI=1S/C15H21FO3/c1-10(2)15(3,19)9-12(14(17)18)8-11-4-6-13(16)7-5-11/h4-7,10,12,19H,8-9H2,1-3H3,(H,17,18). The summed E-state index contributed by atoms with van der Waals surface area (Å²) in [6, 6.07) is 5.79. The van der Waals surface area contributed by atoms with E-state index >= 15 is 0 Å². The van der Waals surface area contributed by atoms with Crippen LogP contribution in [0.15, 0.2) is 24.3 Å². The zero-order chi connectivity index (χ0) is 14.6. The molecular formula is C15H21FO3. The largest absolute Gasteiger partial charge is 0.481 e. The van der Waals surface area contributed by atoms with E-state index in [1.54, 1.807) is 19.1 Å². The second-order valence-corrected chi connectivity index (χ2v) is 5.58. The quantitative estimate of drug-likeness (QED) is 0.834. The van der Waals surface area contributed by atoms with Crippen LogP contribution in [0.5, 0.6) is 0 Å². The van der Waals surface area contributed by atoms with Crippen LogP contribution in [0.4, 0.5) is 4.39 Å². The molecule has 0 amide bonds. The monoisotopic (exact) mass is 268 g/mol. The normalized spacial score (nSPS) is 16.1. The Balaban J connectivity index is 2.79. The van der Waals surface area contributed by atoms with Gasteiger partial charge in [-0.3, -0.25) is 4.79 Å². The van der Waals surface area contributed by atoms with Crippen LogP contribution in [0.2, 0.25) is 0 Å². The molecule has 0 aromatic heterocycles. The number of carbonyl (C=O) groups is 1. The van der Waals surface area contributed by atoms with Gasteiger partial charge in [0.1, 0.15) is 5.82 Å². The summed E-state index contributed by atoms with van der Waals surface area (Å²) in [5.41, 5.74) is -0.267. The van der Waals surface area contributed by atoms with E-state index in [-0.39, 0.29) is 18.2 Å². The zero-order valence-corrected chi connectivity index (χ0v) is 11.6. The fourth-order valence-electron chi connectivity index (χ4n) is 1.89. The first-order valence-corrected chi connectivity index (χ1v) is 6.42. The van der Waals surface area contributed by atoms with Gasteiger partial charge < -0.3 is 10.2 Å². The van der Waals surface area contributed by atoms with Crippen molar-refractivity contribution in [1.29, 1.82) is 0 Å². The Morgan fingerprint density at radius 2 is 1.84 bits per heavy atom. The lowest BCUT2D eigenvalue weighted by molar-refractivity contribution is -0.144. The number of benzene rings is 1. The molecule has 0 aliphatic carbocycles. The van der Waals surface area contributed by atoms with E-state index in [9.17, 15) is 19.4 Å². The van der Waals surface area contributed by atoms with E-state index in [0.717, 1.165) is 5.56 Å². The van der Waals surface area contributed by atoms with Gasteiger partial charge in [0, 0.05) is 0 Å². The molecule has 0 saturated heterocycles. The van der Waals surface area contributed by atoms with Gasteiger partial charge in [-0.25, -0.2) is 4.39 Å². The second-order valence-electron chi connectivity index (χ2n) is 5.58. The number of hydrogen-bond acceptors (Lipinski definition) is 2. The van der Waals surface area contributed by atoms with E-state index in [0.29, 0.717) is 6.42 Å². The topological polar surface area (TPSA) is 57.5 Å². The molecule has 2 N–H and O–H groups in total. The molecule has 1 aromatic rings. The highest BCUT2D eigenvalue weighted by Gasteiger charge is 2.32. The number of rotatable bonds is 6. The first kappa shape index (κ1) is 15.6. The first-order chi connectivity index (χ1) is 8.72. The molecule has 106 valence electrons.